The van der Waals surface area contributed by atoms with Crippen LogP contribution >= 0.6 is 11.6 Å². The van der Waals surface area contributed by atoms with Gasteiger partial charge in [-0.1, -0.05) is 29.8 Å². The van der Waals surface area contributed by atoms with E-state index in [1.165, 1.54) is 19.1 Å². The Morgan fingerprint density at radius 2 is 1.85 bits per heavy atom. The zero-order valence-electron chi connectivity index (χ0n) is 14.6. The first-order valence-corrected chi connectivity index (χ1v) is 9.95. The molecule has 0 atom stereocenters. The Labute approximate surface area is 157 Å². The molecule has 2 aromatic carbocycles. The van der Waals surface area contributed by atoms with Crippen LogP contribution in [0.4, 0.5) is 11.4 Å². The molecule has 6 nitrogen and oxygen atoms in total. The van der Waals surface area contributed by atoms with E-state index in [-0.39, 0.29) is 5.78 Å². The number of nitrogens with zero attached hydrogens (tertiary/aromatic N) is 1. The molecule has 2 rings (SSSR count). The molecule has 0 unspecified atom stereocenters. The molecule has 0 bridgehead atoms. The molecule has 0 saturated heterocycles. The van der Waals surface area contributed by atoms with Gasteiger partial charge < -0.3 is 5.32 Å². The van der Waals surface area contributed by atoms with E-state index in [4.69, 9.17) is 11.6 Å². The lowest BCUT2D eigenvalue weighted by Gasteiger charge is -2.22. The molecular weight excluding hydrogens is 376 g/mol. The molecule has 0 aliphatic rings. The van der Waals surface area contributed by atoms with Gasteiger partial charge in [0.1, 0.15) is 6.54 Å². The van der Waals surface area contributed by atoms with Crippen molar-refractivity contribution in [3.63, 3.8) is 0 Å². The smallest absolute Gasteiger partial charge is 0.245 e. The van der Waals surface area contributed by atoms with E-state index >= 15 is 0 Å². The number of Topliss-reactive ketones (excluding diaryl/α,β-unsaturated/α-hetero) is 1. The maximum Gasteiger partial charge on any atom is 0.245 e. The summed E-state index contributed by atoms with van der Waals surface area (Å²) in [5.41, 5.74) is 1.97. The molecule has 2 aromatic rings. The Morgan fingerprint density at radius 3 is 2.42 bits per heavy atom. The number of ketones is 1. The van der Waals surface area contributed by atoms with Crippen molar-refractivity contribution in [2.24, 2.45) is 0 Å². The van der Waals surface area contributed by atoms with Gasteiger partial charge in [-0.3, -0.25) is 13.9 Å². The van der Waals surface area contributed by atoms with E-state index in [9.17, 15) is 18.0 Å². The highest BCUT2D eigenvalue weighted by atomic mass is 35.5. The van der Waals surface area contributed by atoms with Crippen LogP contribution in [0.1, 0.15) is 22.8 Å². The van der Waals surface area contributed by atoms with Crippen molar-refractivity contribution in [2.75, 3.05) is 22.4 Å². The predicted octanol–water partition coefficient (Wildman–Crippen LogP) is 3.26. The van der Waals surface area contributed by atoms with E-state index in [1.54, 1.807) is 37.3 Å². The fourth-order valence-corrected chi connectivity index (χ4v) is 3.31. The molecule has 0 heterocycles. The van der Waals surface area contributed by atoms with Crippen LogP contribution in [-0.4, -0.2) is 32.9 Å². The highest BCUT2D eigenvalue weighted by molar-refractivity contribution is 7.92. The number of halogens is 1. The average Bonchev–Trinajstić information content (AvgIpc) is 2.54. The van der Waals surface area contributed by atoms with Crippen molar-refractivity contribution in [3.05, 3.63) is 58.6 Å². The summed E-state index contributed by atoms with van der Waals surface area (Å²) in [4.78, 5) is 23.8. The van der Waals surface area contributed by atoms with Gasteiger partial charge in [-0.25, -0.2) is 8.42 Å². The summed E-state index contributed by atoms with van der Waals surface area (Å²) in [5, 5.41) is 3.01. The highest BCUT2D eigenvalue weighted by Gasteiger charge is 2.21. The van der Waals surface area contributed by atoms with Gasteiger partial charge >= 0.3 is 0 Å². The number of anilines is 2. The zero-order chi connectivity index (χ0) is 19.5. The third kappa shape index (κ3) is 5.06. The summed E-state index contributed by atoms with van der Waals surface area (Å²) >= 11 is 6.07. The number of carbonyl (C=O) groups excluding carboxylic acids is 2. The lowest BCUT2D eigenvalue weighted by Crippen LogP contribution is -2.37. The van der Waals surface area contributed by atoms with Gasteiger partial charge in [-0.2, -0.15) is 0 Å². The number of amides is 1. The first-order valence-electron chi connectivity index (χ1n) is 7.72. The van der Waals surface area contributed by atoms with Gasteiger partial charge in [-0.05, 0) is 43.7 Å². The lowest BCUT2D eigenvalue weighted by molar-refractivity contribution is -0.114. The maximum absolute atomic E-state index is 12.3. The van der Waals surface area contributed by atoms with Crippen molar-refractivity contribution < 1.29 is 18.0 Å². The second kappa shape index (κ2) is 7.88. The van der Waals surface area contributed by atoms with Crippen LogP contribution in [0.3, 0.4) is 0 Å². The average molecular weight is 395 g/mol. The number of hydrogen-bond donors (Lipinski definition) is 1. The quantitative estimate of drug-likeness (QED) is 0.762. The topological polar surface area (TPSA) is 83.6 Å². The summed E-state index contributed by atoms with van der Waals surface area (Å²) in [6.07, 6.45) is 1.02. The summed E-state index contributed by atoms with van der Waals surface area (Å²) in [7, 11) is -3.70. The standard InChI is InChI=1S/C18H19ClN2O4S/c1-12-7-8-16(10-17(12)19)21(26(3,24)25)11-18(23)20-15-6-4-5-14(9-15)13(2)22/h4-10H,11H2,1-3H3,(H,20,23). The summed E-state index contributed by atoms with van der Waals surface area (Å²) in [5.74, 6) is -0.666. The molecule has 0 fully saturated rings. The van der Waals surface area contributed by atoms with Crippen molar-refractivity contribution in [2.45, 2.75) is 13.8 Å². The van der Waals surface area contributed by atoms with Crippen LogP contribution in [0.15, 0.2) is 42.5 Å². The number of hydrogen-bond acceptors (Lipinski definition) is 4. The van der Waals surface area contributed by atoms with Crippen LogP contribution in [0, 0.1) is 6.92 Å². The van der Waals surface area contributed by atoms with Crippen LogP contribution in [0.5, 0.6) is 0 Å². The second-order valence-electron chi connectivity index (χ2n) is 5.89. The Kier molecular flexibility index (Phi) is 6.05. The number of sulfonamides is 1. The van der Waals surface area contributed by atoms with Crippen LogP contribution in [-0.2, 0) is 14.8 Å². The predicted molar refractivity (Wildman–Crippen MR) is 103 cm³/mol. The monoisotopic (exact) mass is 394 g/mol. The Morgan fingerprint density at radius 1 is 1.15 bits per heavy atom. The highest BCUT2D eigenvalue weighted by Crippen LogP contribution is 2.25. The van der Waals surface area contributed by atoms with E-state index < -0.39 is 22.5 Å². The zero-order valence-corrected chi connectivity index (χ0v) is 16.2. The Hall–Kier alpha value is -2.38. The van der Waals surface area contributed by atoms with Gasteiger partial charge in [0, 0.05) is 16.3 Å². The molecule has 0 spiro atoms. The molecule has 0 aromatic heterocycles. The molecule has 1 N–H and O–H groups in total. The van der Waals surface area contributed by atoms with E-state index in [0.717, 1.165) is 16.1 Å². The SMILES string of the molecule is CC(=O)c1cccc(NC(=O)CN(c2ccc(C)c(Cl)c2)S(C)(=O)=O)c1. The molecule has 0 saturated carbocycles. The van der Waals surface area contributed by atoms with Crippen molar-refractivity contribution >= 4 is 44.7 Å². The minimum atomic E-state index is -3.70. The Balaban J connectivity index is 2.23. The molecule has 0 aliphatic heterocycles. The molecule has 0 radical (unpaired) electrons. The molecule has 26 heavy (non-hydrogen) atoms. The van der Waals surface area contributed by atoms with Crippen LogP contribution in [0.25, 0.3) is 0 Å². The minimum absolute atomic E-state index is 0.131. The minimum Gasteiger partial charge on any atom is -0.324 e. The molecule has 1 amide bonds. The number of rotatable bonds is 6. The van der Waals surface area contributed by atoms with Crippen molar-refractivity contribution in [1.29, 1.82) is 0 Å². The number of benzene rings is 2. The molecule has 8 heteroatoms. The second-order valence-corrected chi connectivity index (χ2v) is 8.20. The maximum atomic E-state index is 12.3. The number of aryl methyl sites for hydroxylation is 1. The van der Waals surface area contributed by atoms with Gasteiger partial charge in [0.25, 0.3) is 0 Å². The number of carbonyl (C=O) groups is 2. The molecule has 138 valence electrons. The van der Waals surface area contributed by atoms with Gasteiger partial charge in [-0.15, -0.1) is 0 Å². The fraction of sp³-hybridized carbons (Fsp3) is 0.222. The van der Waals surface area contributed by atoms with E-state index in [1.807, 2.05) is 0 Å². The summed E-state index contributed by atoms with van der Waals surface area (Å²) < 4.78 is 25.2. The Bertz CT molecular complexity index is 957. The number of nitrogens with one attached hydrogen (secondary N) is 1. The van der Waals surface area contributed by atoms with Crippen LogP contribution < -0.4 is 9.62 Å². The normalized spacial score (nSPS) is 11.1. The van der Waals surface area contributed by atoms with Crippen LogP contribution in [0.2, 0.25) is 5.02 Å². The van der Waals surface area contributed by atoms with Crippen molar-refractivity contribution in [3.8, 4) is 0 Å². The van der Waals surface area contributed by atoms with Gasteiger partial charge in [0.15, 0.2) is 5.78 Å². The van der Waals surface area contributed by atoms with Gasteiger partial charge in [0.2, 0.25) is 15.9 Å². The van der Waals surface area contributed by atoms with Gasteiger partial charge in [0.05, 0.1) is 11.9 Å². The first kappa shape index (κ1) is 19.9. The molecular formula is C18H19ClN2O4S. The molecule has 0 aliphatic carbocycles. The largest absolute Gasteiger partial charge is 0.324 e. The first-order chi connectivity index (χ1) is 12.1. The third-order valence-corrected chi connectivity index (χ3v) is 5.23. The fourth-order valence-electron chi connectivity index (χ4n) is 2.28. The third-order valence-electron chi connectivity index (χ3n) is 3.68. The van der Waals surface area contributed by atoms with Crippen molar-refractivity contribution in [1.82, 2.24) is 0 Å². The summed E-state index contributed by atoms with van der Waals surface area (Å²) in [6, 6.07) is 11.2. The lowest BCUT2D eigenvalue weighted by atomic mass is 10.1. The van der Waals surface area contributed by atoms with E-state index in [2.05, 4.69) is 5.32 Å². The summed E-state index contributed by atoms with van der Waals surface area (Å²) in [6.45, 7) is 2.81. The van der Waals surface area contributed by atoms with E-state index in [0.29, 0.717) is 22.0 Å².